The van der Waals surface area contributed by atoms with E-state index in [4.69, 9.17) is 9.47 Å². The van der Waals surface area contributed by atoms with Crippen LogP contribution in [0, 0.1) is 5.82 Å². The van der Waals surface area contributed by atoms with Crippen molar-refractivity contribution < 1.29 is 23.8 Å². The van der Waals surface area contributed by atoms with Gasteiger partial charge in [0.2, 0.25) is 5.16 Å². The minimum absolute atomic E-state index is 0.000353. The maximum absolute atomic E-state index is 13.0. The lowest BCUT2D eigenvalue weighted by Gasteiger charge is -2.06. The average Bonchev–Trinajstić information content (AvgIpc) is 3.17. The number of methoxy groups -OCH3 is 2. The van der Waals surface area contributed by atoms with Crippen LogP contribution >= 0.6 is 11.8 Å². The van der Waals surface area contributed by atoms with Crippen molar-refractivity contribution in [3.05, 3.63) is 58.8 Å². The molecule has 9 heteroatoms. The Bertz CT molecular complexity index is 996. The molecule has 0 saturated heterocycles. The van der Waals surface area contributed by atoms with Crippen LogP contribution in [0.3, 0.4) is 0 Å². The summed E-state index contributed by atoms with van der Waals surface area (Å²) in [6, 6.07) is 10.7. The Labute approximate surface area is 164 Å². The number of ether oxygens (including phenoxy) is 2. The lowest BCUT2D eigenvalue weighted by molar-refractivity contribution is -0.131. The first-order valence-electron chi connectivity index (χ1n) is 8.02. The molecule has 0 unspecified atom stereocenters. The fourth-order valence-electron chi connectivity index (χ4n) is 2.31. The number of aromatic nitrogens is 3. The molecule has 1 aromatic heterocycles. The molecule has 2 aromatic carbocycles. The summed E-state index contributed by atoms with van der Waals surface area (Å²) in [6.45, 7) is 0. The Morgan fingerprint density at radius 1 is 1.14 bits per heavy atom. The number of aliphatic carboxylic acids is 1. The second kappa shape index (κ2) is 8.57. The second-order valence-corrected chi connectivity index (χ2v) is 6.54. The van der Waals surface area contributed by atoms with Crippen molar-refractivity contribution in [2.45, 2.75) is 5.16 Å². The van der Waals surface area contributed by atoms with Crippen molar-refractivity contribution in [2.75, 3.05) is 14.2 Å². The predicted molar refractivity (Wildman–Crippen MR) is 103 cm³/mol. The predicted octanol–water partition coefficient (Wildman–Crippen LogP) is 3.85. The third-order valence-electron chi connectivity index (χ3n) is 3.67. The summed E-state index contributed by atoms with van der Waals surface area (Å²) in [5.74, 6) is 0.0775. The number of H-pyrrole nitrogens is 1. The van der Waals surface area contributed by atoms with E-state index in [-0.39, 0.29) is 10.1 Å². The van der Waals surface area contributed by atoms with Crippen molar-refractivity contribution in [2.24, 2.45) is 0 Å². The van der Waals surface area contributed by atoms with E-state index in [1.54, 1.807) is 32.4 Å². The SMILES string of the molecule is COc1cc(OC)cc(-c2nc(S/C(=C\c3ccc(F)cc3)C(=O)O)n[nH]2)c1. The van der Waals surface area contributed by atoms with Gasteiger partial charge in [0.15, 0.2) is 5.82 Å². The number of thioether (sulfide) groups is 1. The maximum Gasteiger partial charge on any atom is 0.342 e. The van der Waals surface area contributed by atoms with Gasteiger partial charge in [-0.1, -0.05) is 12.1 Å². The van der Waals surface area contributed by atoms with Crippen LogP contribution in [-0.4, -0.2) is 40.5 Å². The van der Waals surface area contributed by atoms with Crippen LogP contribution in [0.5, 0.6) is 11.5 Å². The van der Waals surface area contributed by atoms with E-state index >= 15 is 0 Å². The monoisotopic (exact) mass is 401 g/mol. The van der Waals surface area contributed by atoms with Gasteiger partial charge in [-0.05, 0) is 47.7 Å². The van der Waals surface area contributed by atoms with Crippen LogP contribution in [0.1, 0.15) is 5.56 Å². The van der Waals surface area contributed by atoms with Gasteiger partial charge in [-0.15, -0.1) is 5.10 Å². The molecular weight excluding hydrogens is 385 g/mol. The first-order chi connectivity index (χ1) is 13.5. The molecule has 7 nitrogen and oxygen atoms in total. The summed E-state index contributed by atoms with van der Waals surface area (Å²) in [6.07, 6.45) is 1.43. The third kappa shape index (κ3) is 4.68. The van der Waals surface area contributed by atoms with E-state index in [0.29, 0.717) is 28.5 Å². The smallest absolute Gasteiger partial charge is 0.342 e. The van der Waals surface area contributed by atoms with Gasteiger partial charge in [0.05, 0.1) is 14.2 Å². The maximum atomic E-state index is 13.0. The van der Waals surface area contributed by atoms with Crippen molar-refractivity contribution >= 4 is 23.8 Å². The van der Waals surface area contributed by atoms with Gasteiger partial charge in [0, 0.05) is 11.6 Å². The number of halogens is 1. The Hall–Kier alpha value is -3.33. The number of carboxylic acids is 1. The van der Waals surface area contributed by atoms with E-state index in [0.717, 1.165) is 11.8 Å². The molecule has 2 N–H and O–H groups in total. The van der Waals surface area contributed by atoms with Crippen LogP contribution in [0.25, 0.3) is 17.5 Å². The highest BCUT2D eigenvalue weighted by Crippen LogP contribution is 2.31. The number of rotatable bonds is 7. The number of carbonyl (C=O) groups is 1. The van der Waals surface area contributed by atoms with E-state index in [9.17, 15) is 14.3 Å². The molecule has 0 spiro atoms. The summed E-state index contributed by atoms with van der Waals surface area (Å²) in [7, 11) is 3.08. The first kappa shape index (κ1) is 19.4. The van der Waals surface area contributed by atoms with Gasteiger partial charge in [-0.2, -0.15) is 0 Å². The number of nitrogens with zero attached hydrogens (tertiary/aromatic N) is 2. The zero-order valence-corrected chi connectivity index (χ0v) is 15.8. The Kier molecular flexibility index (Phi) is 5.95. The normalized spacial score (nSPS) is 11.3. The number of aromatic amines is 1. The molecular formula is C19H16FN3O4S. The molecule has 1 heterocycles. The number of carboxylic acid groups (broad SMARTS) is 1. The third-order valence-corrected chi connectivity index (χ3v) is 4.55. The lowest BCUT2D eigenvalue weighted by atomic mass is 10.2. The second-order valence-electron chi connectivity index (χ2n) is 5.54. The summed E-state index contributed by atoms with van der Waals surface area (Å²) < 4.78 is 23.5. The summed E-state index contributed by atoms with van der Waals surface area (Å²) in [5, 5.41) is 16.5. The van der Waals surface area contributed by atoms with Crippen LogP contribution in [0.15, 0.2) is 52.5 Å². The number of hydrogen-bond acceptors (Lipinski definition) is 6. The molecule has 0 fully saturated rings. The quantitative estimate of drug-likeness (QED) is 0.458. The molecule has 0 bridgehead atoms. The van der Waals surface area contributed by atoms with Gasteiger partial charge in [-0.25, -0.2) is 14.2 Å². The van der Waals surface area contributed by atoms with E-state index in [1.165, 1.54) is 30.3 Å². The first-order valence-corrected chi connectivity index (χ1v) is 8.84. The van der Waals surface area contributed by atoms with Crippen molar-refractivity contribution in [1.29, 1.82) is 0 Å². The zero-order valence-electron chi connectivity index (χ0n) is 15.0. The minimum atomic E-state index is -1.14. The zero-order chi connectivity index (χ0) is 20.1. The fraction of sp³-hybridized carbons (Fsp3) is 0.105. The Morgan fingerprint density at radius 3 is 2.36 bits per heavy atom. The molecule has 3 aromatic rings. The molecule has 0 aliphatic carbocycles. The Morgan fingerprint density at radius 2 is 1.79 bits per heavy atom. The van der Waals surface area contributed by atoms with E-state index in [2.05, 4.69) is 15.2 Å². The van der Waals surface area contributed by atoms with Crippen LogP contribution in [0.2, 0.25) is 0 Å². The summed E-state index contributed by atoms with van der Waals surface area (Å²) in [5.41, 5.74) is 1.23. The molecule has 0 amide bonds. The van der Waals surface area contributed by atoms with Crippen molar-refractivity contribution in [1.82, 2.24) is 15.2 Å². The number of nitrogens with one attached hydrogen (secondary N) is 1. The Balaban J connectivity index is 1.86. The van der Waals surface area contributed by atoms with Crippen LogP contribution in [0.4, 0.5) is 4.39 Å². The van der Waals surface area contributed by atoms with Gasteiger partial charge in [0.1, 0.15) is 22.2 Å². The highest BCUT2D eigenvalue weighted by molar-refractivity contribution is 8.04. The van der Waals surface area contributed by atoms with E-state index < -0.39 is 11.8 Å². The van der Waals surface area contributed by atoms with Gasteiger partial charge >= 0.3 is 5.97 Å². The van der Waals surface area contributed by atoms with E-state index in [1.807, 2.05) is 0 Å². The number of benzene rings is 2. The molecule has 0 saturated carbocycles. The van der Waals surface area contributed by atoms with Crippen molar-refractivity contribution in [3.8, 4) is 22.9 Å². The van der Waals surface area contributed by atoms with Crippen molar-refractivity contribution in [3.63, 3.8) is 0 Å². The van der Waals surface area contributed by atoms with Crippen LogP contribution < -0.4 is 9.47 Å². The van der Waals surface area contributed by atoms with Gasteiger partial charge in [0.25, 0.3) is 0 Å². The molecule has 28 heavy (non-hydrogen) atoms. The molecule has 0 aliphatic rings. The number of hydrogen-bond donors (Lipinski definition) is 2. The van der Waals surface area contributed by atoms with Gasteiger partial charge in [-0.3, -0.25) is 5.10 Å². The molecule has 0 atom stereocenters. The highest BCUT2D eigenvalue weighted by Gasteiger charge is 2.15. The largest absolute Gasteiger partial charge is 0.497 e. The highest BCUT2D eigenvalue weighted by atomic mass is 32.2. The van der Waals surface area contributed by atoms with Gasteiger partial charge < -0.3 is 14.6 Å². The minimum Gasteiger partial charge on any atom is -0.497 e. The summed E-state index contributed by atoms with van der Waals surface area (Å²) in [4.78, 5) is 15.9. The molecule has 0 aliphatic heterocycles. The topological polar surface area (TPSA) is 97.3 Å². The van der Waals surface area contributed by atoms with Crippen LogP contribution in [-0.2, 0) is 4.79 Å². The lowest BCUT2D eigenvalue weighted by Crippen LogP contribution is -1.97. The standard InChI is InChI=1S/C19H16FN3O4S/c1-26-14-8-12(9-15(10-14)27-2)17-21-19(23-22-17)28-16(18(24)25)7-11-3-5-13(20)6-4-11/h3-10H,1-2H3,(H,24,25)(H,21,22,23)/b16-7-. The fourth-order valence-corrected chi connectivity index (χ4v) is 3.02. The summed E-state index contributed by atoms with van der Waals surface area (Å²) >= 11 is 0.883. The molecule has 3 rings (SSSR count). The molecule has 144 valence electrons. The molecule has 0 radical (unpaired) electrons. The average molecular weight is 401 g/mol.